The number of aromatic nitrogens is 3. The summed E-state index contributed by atoms with van der Waals surface area (Å²) in [6.07, 6.45) is 5.40. The number of hydrogen-bond acceptors (Lipinski definition) is 4. The zero-order valence-electron chi connectivity index (χ0n) is 17.6. The number of aliphatic imine (C=N–C) groups is 1. The van der Waals surface area contributed by atoms with E-state index in [9.17, 15) is 0 Å². The van der Waals surface area contributed by atoms with Gasteiger partial charge in [0.1, 0.15) is 0 Å². The van der Waals surface area contributed by atoms with E-state index in [1.165, 1.54) is 18.5 Å². The second-order valence-electron chi connectivity index (χ2n) is 7.38. The minimum Gasteiger partial charge on any atom is -0.477 e. The number of pyridine rings is 1. The van der Waals surface area contributed by atoms with E-state index in [2.05, 4.69) is 50.3 Å². The van der Waals surface area contributed by atoms with Crippen molar-refractivity contribution in [3.05, 3.63) is 41.3 Å². The maximum absolute atomic E-state index is 5.68. The lowest BCUT2D eigenvalue weighted by Crippen LogP contribution is -2.38. The van der Waals surface area contributed by atoms with Crippen LogP contribution in [0.2, 0.25) is 0 Å². The van der Waals surface area contributed by atoms with Crippen LogP contribution >= 0.6 is 24.0 Å². The fraction of sp³-hybridized carbons (Fsp3) is 0.571. The van der Waals surface area contributed by atoms with Gasteiger partial charge in [0.25, 0.3) is 0 Å². The van der Waals surface area contributed by atoms with E-state index in [-0.39, 0.29) is 24.0 Å². The molecule has 2 aromatic heterocycles. The van der Waals surface area contributed by atoms with Crippen LogP contribution in [0.5, 0.6) is 5.88 Å². The maximum atomic E-state index is 5.68. The number of halogens is 1. The van der Waals surface area contributed by atoms with Crippen LogP contribution in [0, 0.1) is 19.8 Å². The number of nitrogens with zero attached hydrogens (tertiary/aromatic N) is 4. The summed E-state index contributed by atoms with van der Waals surface area (Å²) in [6, 6.07) is 6.07. The van der Waals surface area contributed by atoms with E-state index in [4.69, 9.17) is 4.74 Å². The van der Waals surface area contributed by atoms with Gasteiger partial charge in [0.05, 0.1) is 18.8 Å². The predicted molar refractivity (Wildman–Crippen MR) is 127 cm³/mol. The topological polar surface area (TPSA) is 76.4 Å². The molecular weight excluding hydrogens is 479 g/mol. The molecular formula is C21H33IN6O. The van der Waals surface area contributed by atoms with Crippen LogP contribution in [0.15, 0.2) is 29.4 Å². The maximum Gasteiger partial charge on any atom is 0.213 e. The number of hydrogen-bond donors (Lipinski definition) is 2. The van der Waals surface area contributed by atoms with E-state index >= 15 is 0 Å². The second kappa shape index (κ2) is 12.0. The van der Waals surface area contributed by atoms with Gasteiger partial charge in [-0.15, -0.1) is 24.0 Å². The van der Waals surface area contributed by atoms with Gasteiger partial charge in [-0.2, -0.15) is 5.10 Å². The van der Waals surface area contributed by atoms with E-state index in [1.54, 1.807) is 0 Å². The van der Waals surface area contributed by atoms with Crippen molar-refractivity contribution in [1.82, 2.24) is 25.4 Å². The van der Waals surface area contributed by atoms with E-state index in [1.807, 2.05) is 25.3 Å². The monoisotopic (exact) mass is 512 g/mol. The van der Waals surface area contributed by atoms with Crippen LogP contribution in [-0.2, 0) is 13.1 Å². The summed E-state index contributed by atoms with van der Waals surface area (Å²) < 4.78 is 7.74. The van der Waals surface area contributed by atoms with Gasteiger partial charge in [-0.25, -0.2) is 9.98 Å². The first-order chi connectivity index (χ1) is 13.6. The Morgan fingerprint density at radius 1 is 1.28 bits per heavy atom. The van der Waals surface area contributed by atoms with Gasteiger partial charge in [0, 0.05) is 37.6 Å². The standard InChI is InChI=1S/C21H32N6O.HI/c1-4-22-21(23-10-5-11-27-17(3)12-16(2)26-27)25-14-19-8-9-20(24-13-19)28-15-18-6-7-18;/h8-9,12-13,18H,4-7,10-11,14-15H2,1-3H3,(H2,22,23,25);1H. The lowest BCUT2D eigenvalue weighted by molar-refractivity contribution is 0.288. The summed E-state index contributed by atoms with van der Waals surface area (Å²) in [5, 5.41) is 11.2. The third-order valence-electron chi connectivity index (χ3n) is 4.67. The summed E-state index contributed by atoms with van der Waals surface area (Å²) in [6.45, 7) is 10.1. The average molecular weight is 512 g/mol. The molecule has 0 saturated heterocycles. The van der Waals surface area contributed by atoms with Gasteiger partial charge in [-0.05, 0) is 57.6 Å². The lowest BCUT2D eigenvalue weighted by Gasteiger charge is -2.12. The molecule has 3 rings (SSSR count). The largest absolute Gasteiger partial charge is 0.477 e. The first-order valence-corrected chi connectivity index (χ1v) is 10.2. The second-order valence-corrected chi connectivity index (χ2v) is 7.38. The summed E-state index contributed by atoms with van der Waals surface area (Å²) in [5.41, 5.74) is 3.34. The van der Waals surface area contributed by atoms with Crippen LogP contribution < -0.4 is 15.4 Å². The number of guanidine groups is 1. The first-order valence-electron chi connectivity index (χ1n) is 10.2. The van der Waals surface area contributed by atoms with Gasteiger partial charge in [0.15, 0.2) is 5.96 Å². The molecule has 1 saturated carbocycles. The smallest absolute Gasteiger partial charge is 0.213 e. The Balaban J connectivity index is 0.00000300. The SMILES string of the molecule is CCNC(=NCc1ccc(OCC2CC2)nc1)NCCCn1nc(C)cc1C.I. The minimum absolute atomic E-state index is 0. The van der Waals surface area contributed by atoms with Gasteiger partial charge in [-0.3, -0.25) is 4.68 Å². The van der Waals surface area contributed by atoms with Crippen molar-refractivity contribution in [1.29, 1.82) is 0 Å². The lowest BCUT2D eigenvalue weighted by atomic mass is 10.3. The minimum atomic E-state index is 0. The molecule has 1 aliphatic rings. The van der Waals surface area contributed by atoms with Gasteiger partial charge >= 0.3 is 0 Å². The molecule has 0 amide bonds. The molecule has 8 heteroatoms. The van der Waals surface area contributed by atoms with Crippen molar-refractivity contribution >= 4 is 29.9 Å². The summed E-state index contributed by atoms with van der Waals surface area (Å²) in [7, 11) is 0. The molecule has 1 aliphatic carbocycles. The number of ether oxygens (including phenoxy) is 1. The molecule has 7 nitrogen and oxygen atoms in total. The Kier molecular flexibility index (Phi) is 9.69. The van der Waals surface area contributed by atoms with E-state index < -0.39 is 0 Å². The van der Waals surface area contributed by atoms with Crippen molar-refractivity contribution in [3.63, 3.8) is 0 Å². The first kappa shape index (κ1) is 23.4. The highest BCUT2D eigenvalue weighted by Crippen LogP contribution is 2.29. The summed E-state index contributed by atoms with van der Waals surface area (Å²) in [5.74, 6) is 2.26. The molecule has 160 valence electrons. The third kappa shape index (κ3) is 8.20. The van der Waals surface area contributed by atoms with Crippen LogP contribution in [0.25, 0.3) is 0 Å². The molecule has 0 aliphatic heterocycles. The average Bonchev–Trinajstić information content (AvgIpc) is 3.46. The molecule has 0 bridgehead atoms. The van der Waals surface area contributed by atoms with Crippen molar-refractivity contribution in [2.75, 3.05) is 19.7 Å². The quantitative estimate of drug-likeness (QED) is 0.221. The van der Waals surface area contributed by atoms with Gasteiger partial charge in [0.2, 0.25) is 5.88 Å². The van der Waals surface area contributed by atoms with Crippen LogP contribution in [0.3, 0.4) is 0 Å². The molecule has 1 fully saturated rings. The van der Waals surface area contributed by atoms with Crippen molar-refractivity contribution in [2.24, 2.45) is 10.9 Å². The van der Waals surface area contributed by atoms with Crippen LogP contribution in [-0.4, -0.2) is 40.4 Å². The van der Waals surface area contributed by atoms with Crippen LogP contribution in [0.4, 0.5) is 0 Å². The molecule has 2 aromatic rings. The molecule has 0 atom stereocenters. The summed E-state index contributed by atoms with van der Waals surface area (Å²) in [4.78, 5) is 9.03. The molecule has 29 heavy (non-hydrogen) atoms. The van der Waals surface area contributed by atoms with E-state index in [0.29, 0.717) is 12.4 Å². The molecule has 0 aromatic carbocycles. The molecule has 2 N–H and O–H groups in total. The number of aryl methyl sites for hydroxylation is 3. The van der Waals surface area contributed by atoms with Crippen molar-refractivity contribution in [2.45, 2.75) is 53.1 Å². The third-order valence-corrected chi connectivity index (χ3v) is 4.67. The normalized spacial score (nSPS) is 13.7. The Bertz CT molecular complexity index is 770. The Morgan fingerprint density at radius 2 is 2.10 bits per heavy atom. The molecule has 0 unspecified atom stereocenters. The van der Waals surface area contributed by atoms with E-state index in [0.717, 1.165) is 55.8 Å². The predicted octanol–water partition coefficient (Wildman–Crippen LogP) is 3.45. The van der Waals surface area contributed by atoms with Crippen LogP contribution in [0.1, 0.15) is 43.1 Å². The van der Waals surface area contributed by atoms with Gasteiger partial charge < -0.3 is 15.4 Å². The Morgan fingerprint density at radius 3 is 2.72 bits per heavy atom. The van der Waals surface area contributed by atoms with Gasteiger partial charge in [-0.1, -0.05) is 6.07 Å². The fourth-order valence-electron chi connectivity index (χ4n) is 2.93. The zero-order valence-corrected chi connectivity index (χ0v) is 20.0. The fourth-order valence-corrected chi connectivity index (χ4v) is 2.93. The Hall–Kier alpha value is -1.84. The molecule has 0 radical (unpaired) electrons. The molecule has 2 heterocycles. The highest BCUT2D eigenvalue weighted by Gasteiger charge is 2.22. The zero-order chi connectivity index (χ0) is 19.8. The molecule has 0 spiro atoms. The summed E-state index contributed by atoms with van der Waals surface area (Å²) >= 11 is 0. The van der Waals surface area contributed by atoms with Crippen molar-refractivity contribution < 1.29 is 4.74 Å². The number of nitrogens with one attached hydrogen (secondary N) is 2. The Labute approximate surface area is 190 Å². The van der Waals surface area contributed by atoms with Crippen molar-refractivity contribution in [3.8, 4) is 5.88 Å². The highest BCUT2D eigenvalue weighted by molar-refractivity contribution is 14.0. The highest BCUT2D eigenvalue weighted by atomic mass is 127. The number of rotatable bonds is 10.